The van der Waals surface area contributed by atoms with Crippen molar-refractivity contribution in [1.82, 2.24) is 0 Å². The van der Waals surface area contributed by atoms with Crippen LogP contribution in [0.4, 0.5) is 0 Å². The molecule has 360 valence electrons. The third-order valence-electron chi connectivity index (χ3n) is 13.2. The Balaban J connectivity index is 1.74. The summed E-state index contributed by atoms with van der Waals surface area (Å²) in [5.74, 6) is -0.114. The van der Waals surface area contributed by atoms with Gasteiger partial charge in [0.15, 0.2) is 0 Å². The first-order valence-corrected chi connectivity index (χ1v) is 26.2. The van der Waals surface area contributed by atoms with Gasteiger partial charge in [0, 0.05) is 68.1 Å². The Morgan fingerprint density at radius 2 is 0.576 bits per heavy atom. The van der Waals surface area contributed by atoms with Crippen molar-refractivity contribution >= 4 is 45.4 Å². The second kappa shape index (κ2) is 27.8. The van der Waals surface area contributed by atoms with Crippen LogP contribution in [-0.4, -0.2) is 23.9 Å². The molecular weight excluding hydrogens is 825 g/mol. The summed E-state index contributed by atoms with van der Waals surface area (Å²) in [6, 6.07) is 11.5. The second-order valence-electron chi connectivity index (χ2n) is 18.8. The maximum Gasteiger partial charge on any atom is 0.311 e. The Hall–Kier alpha value is -4.72. The number of ether oxygens (including phenoxy) is 4. The summed E-state index contributed by atoms with van der Waals surface area (Å²) in [5.41, 5.74) is 1.67. The number of rotatable bonds is 32. The number of carbonyl (C=O) groups is 4. The van der Waals surface area contributed by atoms with Gasteiger partial charge in [-0.2, -0.15) is 0 Å². The number of fused-ring (bicyclic) bond motifs is 4. The molecule has 0 bridgehead atoms. The lowest BCUT2D eigenvalue weighted by Gasteiger charge is -2.23. The van der Waals surface area contributed by atoms with E-state index < -0.39 is 0 Å². The fourth-order valence-electron chi connectivity index (χ4n) is 9.46. The number of carbonyl (C=O) groups excluding carboxylic acids is 4. The minimum atomic E-state index is -0.361. The molecule has 8 nitrogen and oxygen atoms in total. The molecule has 0 heterocycles. The Kier molecular flexibility index (Phi) is 22.0. The fraction of sp³-hybridized carbons (Fsp3) is 0.586. The van der Waals surface area contributed by atoms with E-state index in [0.29, 0.717) is 91.1 Å². The summed E-state index contributed by atoms with van der Waals surface area (Å²) >= 11 is 0. The van der Waals surface area contributed by atoms with Gasteiger partial charge in [-0.25, -0.2) is 0 Å². The molecule has 5 rings (SSSR count). The summed E-state index contributed by atoms with van der Waals surface area (Å²) in [6.45, 7) is 12.7. The number of unbranched alkanes of at least 4 members (excludes halogenated alkanes) is 20. The molecule has 0 saturated carbocycles. The van der Waals surface area contributed by atoms with Crippen molar-refractivity contribution in [2.75, 3.05) is 0 Å². The lowest BCUT2D eigenvalue weighted by Crippen LogP contribution is -2.16. The first kappa shape index (κ1) is 52.3. The average molecular weight is 905 g/mol. The van der Waals surface area contributed by atoms with Crippen LogP contribution in [0.5, 0.6) is 23.0 Å². The average Bonchev–Trinajstić information content (AvgIpc) is 3.28. The molecule has 0 N–H and O–H groups in total. The number of esters is 4. The van der Waals surface area contributed by atoms with Crippen LogP contribution in [0.3, 0.4) is 0 Å². The van der Waals surface area contributed by atoms with Crippen LogP contribution in [0.25, 0.3) is 21.5 Å². The minimum absolute atomic E-state index is 0.244. The van der Waals surface area contributed by atoms with Crippen molar-refractivity contribution in [2.45, 2.75) is 221 Å². The number of aryl methyl sites for hydroxylation is 2. The molecule has 1 aliphatic carbocycles. The summed E-state index contributed by atoms with van der Waals surface area (Å²) in [7, 11) is 0. The summed E-state index contributed by atoms with van der Waals surface area (Å²) in [5, 5.41) is 4.61. The van der Waals surface area contributed by atoms with E-state index in [1.165, 1.54) is 25.7 Å². The minimum Gasteiger partial charge on any atom is -0.425 e. The molecule has 0 saturated heterocycles. The summed E-state index contributed by atoms with van der Waals surface area (Å²) in [6.07, 6.45) is 25.6. The fourth-order valence-corrected chi connectivity index (χ4v) is 9.46. The molecule has 4 aromatic rings. The predicted molar refractivity (Wildman–Crippen MR) is 267 cm³/mol. The van der Waals surface area contributed by atoms with Crippen molar-refractivity contribution in [3.8, 4) is 23.0 Å². The molecule has 66 heavy (non-hydrogen) atoms. The van der Waals surface area contributed by atoms with Gasteiger partial charge in [-0.15, -0.1) is 0 Å². The van der Waals surface area contributed by atoms with E-state index in [4.69, 9.17) is 18.9 Å². The number of hydrogen-bond acceptors (Lipinski definition) is 8. The van der Waals surface area contributed by atoms with E-state index in [2.05, 4.69) is 27.7 Å². The van der Waals surface area contributed by atoms with Gasteiger partial charge >= 0.3 is 23.9 Å². The Morgan fingerprint density at radius 3 is 0.864 bits per heavy atom. The molecule has 1 aliphatic rings. The Morgan fingerprint density at radius 1 is 0.333 bits per heavy atom. The second-order valence-corrected chi connectivity index (χ2v) is 18.8. The maximum absolute atomic E-state index is 14.0. The third-order valence-corrected chi connectivity index (χ3v) is 13.2. The molecular formula is C58H80O8. The first-order valence-electron chi connectivity index (χ1n) is 26.2. The highest BCUT2D eigenvalue weighted by Gasteiger charge is 2.31. The topological polar surface area (TPSA) is 105 Å². The number of hydrogen-bond donors (Lipinski definition) is 0. The van der Waals surface area contributed by atoms with E-state index in [1.54, 1.807) is 0 Å². The zero-order valence-corrected chi connectivity index (χ0v) is 41.5. The molecule has 8 heteroatoms. The SMILES string of the molecule is CCCCCCCCC(=O)Oc1c2c(c(OC(=O)CCCCCCCC)c3c(C)cccc13)=c1c(OC(=O)CCCCCCCC)c3c(C)cccc3c(OC(=O)CCCCCCCC)c1=2. The van der Waals surface area contributed by atoms with E-state index in [1.807, 2.05) is 50.2 Å². The lowest BCUT2D eigenvalue weighted by molar-refractivity contribution is -0.135. The van der Waals surface area contributed by atoms with Crippen LogP contribution < -0.4 is 18.9 Å². The van der Waals surface area contributed by atoms with Crippen molar-refractivity contribution in [1.29, 1.82) is 0 Å². The van der Waals surface area contributed by atoms with Gasteiger partial charge in [-0.3, -0.25) is 19.2 Å². The van der Waals surface area contributed by atoms with Crippen molar-refractivity contribution in [3.63, 3.8) is 0 Å². The third kappa shape index (κ3) is 14.2. The van der Waals surface area contributed by atoms with Gasteiger partial charge in [-0.1, -0.05) is 193 Å². The van der Waals surface area contributed by atoms with E-state index in [9.17, 15) is 19.2 Å². The molecule has 0 radical (unpaired) electrons. The van der Waals surface area contributed by atoms with Crippen LogP contribution in [0.15, 0.2) is 36.4 Å². The van der Waals surface area contributed by atoms with Gasteiger partial charge in [0.1, 0.15) is 23.0 Å². The van der Waals surface area contributed by atoms with Gasteiger partial charge in [0.2, 0.25) is 0 Å². The molecule has 0 spiro atoms. The van der Waals surface area contributed by atoms with Crippen molar-refractivity contribution in [2.24, 2.45) is 0 Å². The Bertz CT molecular complexity index is 2280. The molecule has 0 unspecified atom stereocenters. The van der Waals surface area contributed by atoms with Gasteiger partial charge < -0.3 is 18.9 Å². The monoisotopic (exact) mass is 905 g/mol. The molecule has 4 aromatic carbocycles. The zero-order valence-electron chi connectivity index (χ0n) is 41.5. The first-order chi connectivity index (χ1) is 32.2. The van der Waals surface area contributed by atoms with Gasteiger partial charge in [0.05, 0.1) is 0 Å². The highest BCUT2D eigenvalue weighted by atomic mass is 16.6. The van der Waals surface area contributed by atoms with Crippen LogP contribution >= 0.6 is 0 Å². The Labute approximate surface area is 394 Å². The lowest BCUT2D eigenvalue weighted by atomic mass is 9.89. The predicted octanol–water partition coefficient (Wildman–Crippen LogP) is 16.1. The molecule has 0 amide bonds. The zero-order chi connectivity index (χ0) is 47.3. The maximum atomic E-state index is 14.0. The number of benzene rings is 4. The normalized spacial score (nSPS) is 11.6. The van der Waals surface area contributed by atoms with E-state index in [0.717, 1.165) is 114 Å². The quantitative estimate of drug-likeness (QED) is 0.0239. The standard InChI is InChI=1S/C58H80O8/c1-7-11-15-19-23-27-37-45(59)63-55-43-35-31-33-41(5)49(43)57(65-47(61)39-29-25-21-17-13-9-3)53-51(55)52-54(53)58(66-48(62)40-30-26-22-18-14-10-4)50-42(6)34-32-36-44(50)56(52)64-46(60)38-28-24-20-16-12-8-2/h31-36H,7-30,37-40H2,1-6H3. The van der Waals surface area contributed by atoms with Crippen LogP contribution in [0, 0.1) is 34.7 Å². The largest absolute Gasteiger partial charge is 0.425 e. The highest BCUT2D eigenvalue weighted by molar-refractivity contribution is 6.03. The van der Waals surface area contributed by atoms with Crippen LogP contribution in [0.2, 0.25) is 0 Å². The van der Waals surface area contributed by atoms with Crippen LogP contribution in [0.1, 0.15) is 219 Å². The van der Waals surface area contributed by atoms with E-state index in [-0.39, 0.29) is 49.6 Å². The van der Waals surface area contributed by atoms with Gasteiger partial charge in [0.25, 0.3) is 0 Å². The summed E-state index contributed by atoms with van der Waals surface area (Å²) in [4.78, 5) is 56.0. The molecule has 0 atom stereocenters. The molecule has 0 aromatic heterocycles. The summed E-state index contributed by atoms with van der Waals surface area (Å²) < 4.78 is 26.0. The van der Waals surface area contributed by atoms with Crippen molar-refractivity contribution < 1.29 is 38.1 Å². The van der Waals surface area contributed by atoms with Crippen molar-refractivity contribution in [3.05, 3.63) is 68.4 Å². The molecule has 0 fully saturated rings. The van der Waals surface area contributed by atoms with E-state index >= 15 is 0 Å². The molecule has 0 aliphatic heterocycles. The van der Waals surface area contributed by atoms with Crippen LogP contribution in [-0.2, 0) is 19.2 Å². The highest BCUT2D eigenvalue weighted by Crippen LogP contribution is 2.48. The van der Waals surface area contributed by atoms with Gasteiger partial charge in [-0.05, 0) is 50.7 Å². The smallest absolute Gasteiger partial charge is 0.311 e.